The van der Waals surface area contributed by atoms with Crippen LogP contribution in [0.25, 0.3) is 10.8 Å². The lowest BCUT2D eigenvalue weighted by molar-refractivity contribution is 0.0600. The molecule has 0 aliphatic carbocycles. The zero-order valence-electron chi connectivity index (χ0n) is 20.7. The minimum absolute atomic E-state index is 0.121. The van der Waals surface area contributed by atoms with Crippen molar-refractivity contribution in [2.45, 2.75) is 19.1 Å². The van der Waals surface area contributed by atoms with Crippen LogP contribution in [0.4, 0.5) is 11.4 Å². The van der Waals surface area contributed by atoms with Gasteiger partial charge in [-0.05, 0) is 53.6 Å². The minimum Gasteiger partial charge on any atom is -0.495 e. The predicted molar refractivity (Wildman–Crippen MR) is 143 cm³/mol. The molecule has 0 spiro atoms. The maximum absolute atomic E-state index is 12.2. The van der Waals surface area contributed by atoms with Crippen molar-refractivity contribution in [2.75, 3.05) is 32.2 Å². The van der Waals surface area contributed by atoms with E-state index in [1.54, 1.807) is 19.2 Å². The van der Waals surface area contributed by atoms with Crippen LogP contribution in [0.3, 0.4) is 0 Å². The van der Waals surface area contributed by atoms with Gasteiger partial charge >= 0.3 is 5.97 Å². The van der Waals surface area contributed by atoms with Gasteiger partial charge in [0.05, 0.1) is 37.7 Å². The second kappa shape index (κ2) is 10.3. The maximum Gasteiger partial charge on any atom is 0.337 e. The van der Waals surface area contributed by atoms with Gasteiger partial charge in [-0.1, -0.05) is 54.6 Å². The van der Waals surface area contributed by atoms with Gasteiger partial charge in [0.1, 0.15) is 17.6 Å². The lowest BCUT2D eigenvalue weighted by Gasteiger charge is -2.37. The van der Waals surface area contributed by atoms with Crippen molar-refractivity contribution in [1.29, 1.82) is 0 Å². The number of nitrogens with zero attached hydrogens (tertiary/aromatic N) is 1. The molecule has 4 aromatic rings. The fourth-order valence-corrected chi connectivity index (χ4v) is 4.82. The van der Waals surface area contributed by atoms with Crippen LogP contribution in [0.5, 0.6) is 11.5 Å². The number of hydrogen-bond donors (Lipinski definition) is 1. The van der Waals surface area contributed by atoms with Crippen LogP contribution < -0.4 is 19.7 Å². The van der Waals surface area contributed by atoms with E-state index in [0.717, 1.165) is 17.1 Å². The van der Waals surface area contributed by atoms with Crippen LogP contribution in [-0.4, -0.2) is 39.4 Å². The highest BCUT2D eigenvalue weighted by atomic mass is 16.5. The SMILES string of the molecule is COC(=O)c1ccc(OC)c(N2CC(CN[C@H](C)c3cccc4ccccc34)Oc3ccccc32)c1. The number of benzene rings is 4. The van der Waals surface area contributed by atoms with Gasteiger partial charge in [0.25, 0.3) is 0 Å². The topological polar surface area (TPSA) is 60.0 Å². The first-order valence-electron chi connectivity index (χ1n) is 12.1. The normalized spacial score (nSPS) is 15.6. The van der Waals surface area contributed by atoms with Crippen LogP contribution >= 0.6 is 0 Å². The molecule has 4 aromatic carbocycles. The Morgan fingerprint density at radius 2 is 1.78 bits per heavy atom. The zero-order chi connectivity index (χ0) is 25.1. The van der Waals surface area contributed by atoms with E-state index in [4.69, 9.17) is 14.2 Å². The minimum atomic E-state index is -0.387. The highest BCUT2D eigenvalue weighted by Crippen LogP contribution is 2.42. The molecule has 1 N–H and O–H groups in total. The van der Waals surface area contributed by atoms with Gasteiger partial charge in [-0.3, -0.25) is 0 Å². The Bertz CT molecular complexity index is 1380. The molecule has 6 nitrogen and oxygen atoms in total. The van der Waals surface area contributed by atoms with Crippen LogP contribution in [-0.2, 0) is 4.74 Å². The molecular formula is C30H30N2O4. The number of ether oxygens (including phenoxy) is 3. The Morgan fingerprint density at radius 3 is 2.61 bits per heavy atom. The quantitative estimate of drug-likeness (QED) is 0.332. The van der Waals surface area contributed by atoms with Crippen molar-refractivity contribution in [3.8, 4) is 11.5 Å². The number of fused-ring (bicyclic) bond motifs is 2. The third kappa shape index (κ3) is 4.60. The third-order valence-corrected chi connectivity index (χ3v) is 6.67. The van der Waals surface area contributed by atoms with E-state index in [-0.39, 0.29) is 18.1 Å². The van der Waals surface area contributed by atoms with Crippen molar-refractivity contribution < 1.29 is 19.0 Å². The highest BCUT2D eigenvalue weighted by Gasteiger charge is 2.29. The largest absolute Gasteiger partial charge is 0.495 e. The summed E-state index contributed by atoms with van der Waals surface area (Å²) >= 11 is 0. The number of carbonyl (C=O) groups is 1. The van der Waals surface area contributed by atoms with E-state index in [1.165, 1.54) is 23.4 Å². The van der Waals surface area contributed by atoms with Gasteiger partial charge in [-0.25, -0.2) is 4.79 Å². The summed E-state index contributed by atoms with van der Waals surface area (Å²) < 4.78 is 17.0. The fraction of sp³-hybridized carbons (Fsp3) is 0.233. The standard InChI is InChI=1S/C30H30N2O4/c1-20(24-12-8-10-21-9-4-5-11-25(21)24)31-18-23-19-32(26-13-6-7-14-29(26)36-23)27-17-22(30(33)35-3)15-16-28(27)34-2/h4-17,20,23,31H,18-19H2,1-3H3/t20-,23?/m1/s1. The molecule has 1 unspecified atom stereocenters. The second-order valence-electron chi connectivity index (χ2n) is 8.89. The third-order valence-electron chi connectivity index (χ3n) is 6.67. The first-order chi connectivity index (χ1) is 17.6. The molecule has 0 bridgehead atoms. The van der Waals surface area contributed by atoms with Gasteiger partial charge in [-0.2, -0.15) is 0 Å². The first-order valence-corrected chi connectivity index (χ1v) is 12.1. The lowest BCUT2D eigenvalue weighted by atomic mass is 9.99. The van der Waals surface area contributed by atoms with E-state index < -0.39 is 0 Å². The molecule has 5 rings (SSSR count). The van der Waals surface area contributed by atoms with Crippen molar-refractivity contribution in [3.63, 3.8) is 0 Å². The summed E-state index contributed by atoms with van der Waals surface area (Å²) in [5, 5.41) is 6.16. The van der Waals surface area contributed by atoms with E-state index >= 15 is 0 Å². The Kier molecular flexibility index (Phi) is 6.78. The Labute approximate surface area is 211 Å². The number of carbonyl (C=O) groups excluding carboxylic acids is 1. The number of esters is 1. The number of rotatable bonds is 7. The summed E-state index contributed by atoms with van der Waals surface area (Å²) in [5.74, 6) is 1.08. The summed E-state index contributed by atoms with van der Waals surface area (Å²) in [5.41, 5.74) is 3.45. The molecular weight excluding hydrogens is 452 g/mol. The van der Waals surface area contributed by atoms with Crippen molar-refractivity contribution in [3.05, 3.63) is 96.1 Å². The van der Waals surface area contributed by atoms with E-state index in [0.29, 0.717) is 24.4 Å². The Hall–Kier alpha value is -4.03. The molecule has 0 amide bonds. The number of hydrogen-bond acceptors (Lipinski definition) is 6. The molecule has 0 fully saturated rings. The molecule has 36 heavy (non-hydrogen) atoms. The van der Waals surface area contributed by atoms with E-state index in [1.807, 2.05) is 30.3 Å². The molecule has 6 heteroatoms. The van der Waals surface area contributed by atoms with Crippen LogP contribution in [0.2, 0.25) is 0 Å². The molecule has 2 atom stereocenters. The van der Waals surface area contributed by atoms with Crippen molar-refractivity contribution >= 4 is 28.1 Å². The van der Waals surface area contributed by atoms with Gasteiger partial charge in [0.15, 0.2) is 0 Å². The summed E-state index contributed by atoms with van der Waals surface area (Å²) in [6.07, 6.45) is -0.121. The second-order valence-corrected chi connectivity index (χ2v) is 8.89. The molecule has 1 aliphatic rings. The molecule has 0 saturated heterocycles. The average molecular weight is 483 g/mol. The first kappa shape index (κ1) is 23.7. The van der Waals surface area contributed by atoms with Crippen molar-refractivity contribution in [2.24, 2.45) is 0 Å². The summed E-state index contributed by atoms with van der Waals surface area (Å²) in [6, 6.07) is 28.3. The number of methoxy groups -OCH3 is 2. The summed E-state index contributed by atoms with van der Waals surface area (Å²) in [4.78, 5) is 14.4. The van der Waals surface area contributed by atoms with Gasteiger partial charge in [0.2, 0.25) is 0 Å². The Balaban J connectivity index is 1.42. The molecule has 0 saturated carbocycles. The monoisotopic (exact) mass is 482 g/mol. The van der Waals surface area contributed by atoms with Crippen molar-refractivity contribution in [1.82, 2.24) is 5.32 Å². The van der Waals surface area contributed by atoms with Crippen LogP contribution in [0.15, 0.2) is 84.9 Å². The van der Waals surface area contributed by atoms with Gasteiger partial charge < -0.3 is 24.4 Å². The van der Waals surface area contributed by atoms with E-state index in [9.17, 15) is 4.79 Å². The predicted octanol–water partition coefficient (Wildman–Crippen LogP) is 5.88. The smallest absolute Gasteiger partial charge is 0.337 e. The number of para-hydroxylation sites is 2. The van der Waals surface area contributed by atoms with Crippen LogP contribution in [0, 0.1) is 0 Å². The molecule has 184 valence electrons. The molecule has 1 heterocycles. The van der Waals surface area contributed by atoms with Gasteiger partial charge in [-0.15, -0.1) is 0 Å². The molecule has 0 radical (unpaired) electrons. The number of anilines is 2. The molecule has 0 aromatic heterocycles. The average Bonchev–Trinajstić information content (AvgIpc) is 2.94. The van der Waals surface area contributed by atoms with Crippen LogP contribution in [0.1, 0.15) is 28.9 Å². The fourth-order valence-electron chi connectivity index (χ4n) is 4.82. The van der Waals surface area contributed by atoms with Gasteiger partial charge in [0, 0.05) is 12.6 Å². The maximum atomic E-state index is 12.2. The highest BCUT2D eigenvalue weighted by molar-refractivity contribution is 5.92. The summed E-state index contributed by atoms with van der Waals surface area (Å²) in [6.45, 7) is 3.42. The number of nitrogens with one attached hydrogen (secondary N) is 1. The summed E-state index contributed by atoms with van der Waals surface area (Å²) in [7, 11) is 3.02. The van der Waals surface area contributed by atoms with E-state index in [2.05, 4.69) is 59.6 Å². The molecule has 1 aliphatic heterocycles. The lowest BCUT2D eigenvalue weighted by Crippen LogP contribution is -2.44. The zero-order valence-corrected chi connectivity index (χ0v) is 20.7. The Morgan fingerprint density at radius 1 is 1.00 bits per heavy atom.